The quantitative estimate of drug-likeness (QED) is 0.516. The van der Waals surface area contributed by atoms with Crippen LogP contribution in [-0.4, -0.2) is 51.6 Å². The average molecular weight is 462 g/mol. The lowest BCUT2D eigenvalue weighted by atomic mass is 10.1. The molecule has 1 unspecified atom stereocenters. The summed E-state index contributed by atoms with van der Waals surface area (Å²) < 4.78 is 28.7. The number of rotatable bonds is 8. The molecular weight excluding hydrogens is 434 g/mol. The third-order valence-electron chi connectivity index (χ3n) is 4.98. The molecule has 3 aromatic rings. The second kappa shape index (κ2) is 9.37. The summed E-state index contributed by atoms with van der Waals surface area (Å²) in [4.78, 5) is 12.9. The van der Waals surface area contributed by atoms with Crippen molar-refractivity contribution in [1.29, 1.82) is 0 Å². The molecule has 1 atom stereocenters. The van der Waals surface area contributed by atoms with Gasteiger partial charge < -0.3 is 5.32 Å². The number of fused-ring (bicyclic) bond motifs is 1. The minimum atomic E-state index is -3.61. The summed E-state index contributed by atoms with van der Waals surface area (Å²) >= 11 is 1.22. The monoisotopic (exact) mass is 461 g/mol. The van der Waals surface area contributed by atoms with Crippen LogP contribution in [0.15, 0.2) is 46.6 Å². The second-order valence-corrected chi connectivity index (χ2v) is 10.5. The van der Waals surface area contributed by atoms with E-state index in [1.54, 1.807) is 31.2 Å². The molecule has 0 radical (unpaired) electrons. The molecule has 0 spiro atoms. The van der Waals surface area contributed by atoms with Crippen LogP contribution < -0.4 is 5.32 Å². The van der Waals surface area contributed by atoms with Crippen LogP contribution >= 0.6 is 11.8 Å². The lowest BCUT2D eigenvalue weighted by molar-refractivity contribution is -0.115. The predicted molar refractivity (Wildman–Crippen MR) is 123 cm³/mol. The molecule has 31 heavy (non-hydrogen) atoms. The number of anilines is 1. The Morgan fingerprint density at radius 3 is 2.52 bits per heavy atom. The van der Waals surface area contributed by atoms with Gasteiger partial charge in [-0.2, -0.15) is 4.31 Å². The van der Waals surface area contributed by atoms with Crippen LogP contribution in [0.2, 0.25) is 0 Å². The van der Waals surface area contributed by atoms with Gasteiger partial charge in [0.1, 0.15) is 0 Å². The predicted octanol–water partition coefficient (Wildman–Crippen LogP) is 3.50. The Kier molecular flexibility index (Phi) is 7.03. The van der Waals surface area contributed by atoms with Crippen molar-refractivity contribution >= 4 is 39.0 Å². The van der Waals surface area contributed by atoms with Gasteiger partial charge in [0.15, 0.2) is 10.8 Å². The summed E-state index contributed by atoms with van der Waals surface area (Å²) in [6.07, 6.45) is 1.51. The van der Waals surface area contributed by atoms with E-state index in [-0.39, 0.29) is 10.8 Å². The van der Waals surface area contributed by atoms with E-state index < -0.39 is 15.3 Å². The zero-order valence-electron chi connectivity index (χ0n) is 18.3. The van der Waals surface area contributed by atoms with Crippen LogP contribution in [0.5, 0.6) is 0 Å². The normalized spacial score (nSPS) is 13.0. The first kappa shape index (κ1) is 23.2. The molecule has 0 aliphatic carbocycles. The summed E-state index contributed by atoms with van der Waals surface area (Å²) in [5, 5.41) is 11.2. The van der Waals surface area contributed by atoms with Crippen molar-refractivity contribution in [2.75, 3.05) is 18.4 Å². The summed E-state index contributed by atoms with van der Waals surface area (Å²) in [6.45, 7) is 10.1. The number of aryl methyl sites for hydroxylation is 2. The Morgan fingerprint density at radius 1 is 1.16 bits per heavy atom. The van der Waals surface area contributed by atoms with Gasteiger partial charge in [-0.3, -0.25) is 9.20 Å². The van der Waals surface area contributed by atoms with Gasteiger partial charge >= 0.3 is 0 Å². The molecule has 0 saturated heterocycles. The van der Waals surface area contributed by atoms with E-state index in [9.17, 15) is 13.2 Å². The van der Waals surface area contributed by atoms with Crippen LogP contribution in [-0.2, 0) is 14.8 Å². The van der Waals surface area contributed by atoms with Crippen molar-refractivity contribution in [3.05, 3.63) is 47.7 Å². The Labute approximate surface area is 187 Å². The number of thioether (sulfide) groups is 1. The topological polar surface area (TPSA) is 96.7 Å². The minimum absolute atomic E-state index is 0.165. The van der Waals surface area contributed by atoms with Crippen LogP contribution in [0.3, 0.4) is 0 Å². The number of nitrogens with one attached hydrogen (secondary N) is 1. The summed E-state index contributed by atoms with van der Waals surface area (Å²) in [6, 6.07) is 8.99. The molecule has 1 amide bonds. The van der Waals surface area contributed by atoms with Gasteiger partial charge in [0.05, 0.1) is 10.1 Å². The molecule has 2 heterocycles. The van der Waals surface area contributed by atoms with E-state index in [0.717, 1.165) is 16.8 Å². The number of carbonyl (C=O) groups is 1. The van der Waals surface area contributed by atoms with E-state index >= 15 is 0 Å². The highest BCUT2D eigenvalue weighted by molar-refractivity contribution is 8.00. The molecule has 0 aliphatic rings. The van der Waals surface area contributed by atoms with Gasteiger partial charge in [0, 0.05) is 25.0 Å². The van der Waals surface area contributed by atoms with Crippen LogP contribution in [0.25, 0.3) is 5.65 Å². The fourth-order valence-corrected chi connectivity index (χ4v) is 5.48. The minimum Gasteiger partial charge on any atom is -0.325 e. The number of sulfonamides is 1. The number of hydrogen-bond donors (Lipinski definition) is 1. The highest BCUT2D eigenvalue weighted by Gasteiger charge is 2.24. The van der Waals surface area contributed by atoms with E-state index in [1.165, 1.54) is 28.3 Å². The molecule has 166 valence electrons. The molecule has 1 N–H and O–H groups in total. The first-order chi connectivity index (χ1) is 14.7. The number of pyridine rings is 1. The molecule has 0 aliphatic heterocycles. The third kappa shape index (κ3) is 4.91. The molecule has 8 nitrogen and oxygen atoms in total. The Bertz CT molecular complexity index is 1200. The van der Waals surface area contributed by atoms with E-state index in [0.29, 0.717) is 23.9 Å². The van der Waals surface area contributed by atoms with Gasteiger partial charge in [-0.05, 0) is 44.5 Å². The number of benzene rings is 1. The Morgan fingerprint density at radius 2 is 1.87 bits per heavy atom. The molecule has 0 saturated carbocycles. The van der Waals surface area contributed by atoms with Gasteiger partial charge in [-0.15, -0.1) is 10.2 Å². The number of carbonyl (C=O) groups excluding carboxylic acids is 1. The van der Waals surface area contributed by atoms with E-state index in [1.807, 2.05) is 32.0 Å². The maximum Gasteiger partial charge on any atom is 0.244 e. The van der Waals surface area contributed by atoms with Crippen molar-refractivity contribution in [3.8, 4) is 0 Å². The molecule has 0 bridgehead atoms. The second-order valence-electron chi connectivity index (χ2n) is 7.23. The molecule has 1 aromatic carbocycles. The lowest BCUT2D eigenvalue weighted by Crippen LogP contribution is -2.30. The summed E-state index contributed by atoms with van der Waals surface area (Å²) in [5.41, 5.74) is 3.40. The van der Waals surface area contributed by atoms with Gasteiger partial charge in [0.2, 0.25) is 15.9 Å². The first-order valence-corrected chi connectivity index (χ1v) is 12.4. The largest absolute Gasteiger partial charge is 0.325 e. The number of aromatic nitrogens is 3. The van der Waals surface area contributed by atoms with Crippen LogP contribution in [0.1, 0.15) is 31.9 Å². The summed E-state index contributed by atoms with van der Waals surface area (Å²) in [7, 11) is -3.61. The zero-order valence-corrected chi connectivity index (χ0v) is 19.9. The molecular formula is C21H27N5O3S2. The van der Waals surface area contributed by atoms with Gasteiger partial charge in [-0.1, -0.05) is 43.3 Å². The van der Waals surface area contributed by atoms with E-state index in [4.69, 9.17) is 0 Å². The maximum absolute atomic E-state index is 12.9. The maximum atomic E-state index is 12.9. The van der Waals surface area contributed by atoms with Crippen molar-refractivity contribution in [1.82, 2.24) is 18.9 Å². The number of hydrogen-bond acceptors (Lipinski definition) is 6. The Balaban J connectivity index is 1.83. The zero-order chi connectivity index (χ0) is 22.8. The number of nitrogens with zero attached hydrogens (tertiary/aromatic N) is 4. The highest BCUT2D eigenvalue weighted by Crippen LogP contribution is 2.26. The molecule has 3 rings (SSSR count). The first-order valence-electron chi connectivity index (χ1n) is 10.1. The van der Waals surface area contributed by atoms with Crippen molar-refractivity contribution < 1.29 is 13.2 Å². The molecule has 2 aromatic heterocycles. The molecule has 0 fully saturated rings. The van der Waals surface area contributed by atoms with Crippen molar-refractivity contribution in [2.24, 2.45) is 0 Å². The fourth-order valence-electron chi connectivity index (χ4n) is 3.20. The average Bonchev–Trinajstić information content (AvgIpc) is 3.12. The smallest absolute Gasteiger partial charge is 0.244 e. The van der Waals surface area contributed by atoms with Gasteiger partial charge in [-0.25, -0.2) is 8.42 Å². The van der Waals surface area contributed by atoms with E-state index in [2.05, 4.69) is 15.5 Å². The summed E-state index contributed by atoms with van der Waals surface area (Å²) in [5.74, 6) is -0.166. The highest BCUT2D eigenvalue weighted by atomic mass is 32.2. The van der Waals surface area contributed by atoms with Crippen molar-refractivity contribution in [3.63, 3.8) is 0 Å². The number of amides is 1. The van der Waals surface area contributed by atoms with Crippen LogP contribution in [0, 0.1) is 13.8 Å². The van der Waals surface area contributed by atoms with Crippen molar-refractivity contribution in [2.45, 2.75) is 49.9 Å². The Hall–Kier alpha value is -2.43. The third-order valence-corrected chi connectivity index (χ3v) is 8.07. The van der Waals surface area contributed by atoms with Crippen LogP contribution in [0.4, 0.5) is 5.69 Å². The fraction of sp³-hybridized carbons (Fsp3) is 0.381. The van der Waals surface area contributed by atoms with Gasteiger partial charge in [0.25, 0.3) is 0 Å². The lowest BCUT2D eigenvalue weighted by Gasteiger charge is -2.18. The molecule has 10 heteroatoms. The SMILES string of the molecule is CCN(CC)S(=O)(=O)c1ccc2nnc(SC(C)C(=O)Nc3ccc(C)cc3C)n2c1. The standard InChI is InChI=1S/C21H27N5O3S2/c1-6-25(7-2)31(28,29)17-9-11-19-23-24-21(26(19)13-17)30-16(5)20(27)22-18-10-8-14(3)12-15(18)4/h8-13,16H,6-7H2,1-5H3,(H,22,27).